The van der Waals surface area contributed by atoms with Crippen molar-refractivity contribution in [2.24, 2.45) is 5.92 Å². The molecule has 180 valence electrons. The first-order chi connectivity index (χ1) is 14.4. The SMILES string of the molecule is C=CC(=O)C(C)C(C)=O.C=CC(=O)OC(C)(C)C.C=CC[Si](C)(C)C.O=C1C=CC(=O)O1. The minimum atomic E-state index is -0.775. The van der Waals surface area contributed by atoms with Crippen molar-refractivity contribution in [3.8, 4) is 0 Å². The maximum atomic E-state index is 10.6. The Morgan fingerprint density at radius 2 is 1.47 bits per heavy atom. The van der Waals surface area contributed by atoms with E-state index in [0.29, 0.717) is 0 Å². The zero-order chi connectivity index (χ0) is 26.1. The highest BCUT2D eigenvalue weighted by molar-refractivity contribution is 6.76. The second-order valence-corrected chi connectivity index (χ2v) is 14.3. The van der Waals surface area contributed by atoms with Crippen LogP contribution in [0.5, 0.6) is 0 Å². The molecule has 1 rings (SSSR count). The van der Waals surface area contributed by atoms with Gasteiger partial charge in [-0.05, 0) is 46.7 Å². The normalized spacial score (nSPS) is 12.8. The molecule has 1 unspecified atom stereocenters. The highest BCUT2D eigenvalue weighted by Gasteiger charge is 2.13. The molecule has 0 N–H and O–H groups in total. The quantitative estimate of drug-likeness (QED) is 0.185. The van der Waals surface area contributed by atoms with Crippen LogP contribution in [0.15, 0.2) is 50.1 Å². The third kappa shape index (κ3) is 25.2. The summed E-state index contributed by atoms with van der Waals surface area (Å²) in [6.07, 6.45) is 6.52. The maximum Gasteiger partial charge on any atom is 0.338 e. The molecule has 1 aliphatic heterocycles. The van der Waals surface area contributed by atoms with Gasteiger partial charge in [0, 0.05) is 26.3 Å². The Morgan fingerprint density at radius 1 is 1.03 bits per heavy atom. The van der Waals surface area contributed by atoms with Crippen molar-refractivity contribution in [3.63, 3.8) is 0 Å². The van der Waals surface area contributed by atoms with Gasteiger partial charge in [0.25, 0.3) is 0 Å². The fourth-order valence-corrected chi connectivity index (χ4v) is 2.32. The smallest absolute Gasteiger partial charge is 0.338 e. The lowest BCUT2D eigenvalue weighted by atomic mass is 10.0. The number of Topliss-reactive ketones (excluding diaryl/α,β-unsaturated/α-hetero) is 1. The van der Waals surface area contributed by atoms with E-state index in [0.717, 1.165) is 18.2 Å². The Labute approximate surface area is 193 Å². The number of allylic oxidation sites excluding steroid dienone is 2. The lowest BCUT2D eigenvalue weighted by molar-refractivity contribution is -0.151. The molecule has 8 heteroatoms. The number of carbonyl (C=O) groups excluding carboxylic acids is 5. The van der Waals surface area contributed by atoms with Gasteiger partial charge in [-0.15, -0.1) is 6.58 Å². The van der Waals surface area contributed by atoms with Crippen molar-refractivity contribution >= 4 is 37.5 Å². The lowest BCUT2D eigenvalue weighted by Gasteiger charge is -2.17. The van der Waals surface area contributed by atoms with Crippen LogP contribution >= 0.6 is 0 Å². The molecule has 0 aromatic rings. The zero-order valence-corrected chi connectivity index (χ0v) is 21.7. The average Bonchev–Trinajstić information content (AvgIpc) is 3.02. The van der Waals surface area contributed by atoms with Gasteiger partial charge in [-0.2, -0.15) is 0 Å². The van der Waals surface area contributed by atoms with E-state index in [2.05, 4.69) is 44.1 Å². The molecular formula is C24H38O7Si. The van der Waals surface area contributed by atoms with Crippen LogP contribution in [0.3, 0.4) is 0 Å². The van der Waals surface area contributed by atoms with Gasteiger partial charge in [0.15, 0.2) is 5.78 Å². The molecule has 0 aromatic heterocycles. The largest absolute Gasteiger partial charge is 0.457 e. The molecule has 1 heterocycles. The number of cyclic esters (lactones) is 2. The molecule has 0 spiro atoms. The fourth-order valence-electron chi connectivity index (χ4n) is 1.46. The Bertz CT molecular complexity index is 704. The number of esters is 3. The molecule has 0 aliphatic carbocycles. The van der Waals surface area contributed by atoms with Crippen LogP contribution < -0.4 is 0 Å². The van der Waals surface area contributed by atoms with Gasteiger partial charge in [-0.25, -0.2) is 14.4 Å². The van der Waals surface area contributed by atoms with E-state index >= 15 is 0 Å². The van der Waals surface area contributed by atoms with Gasteiger partial charge in [-0.3, -0.25) is 9.59 Å². The molecular weight excluding hydrogens is 428 g/mol. The summed E-state index contributed by atoms with van der Waals surface area (Å²) >= 11 is 0. The van der Waals surface area contributed by atoms with Gasteiger partial charge < -0.3 is 9.47 Å². The lowest BCUT2D eigenvalue weighted by Crippen LogP contribution is -2.22. The highest BCUT2D eigenvalue weighted by atomic mass is 28.3. The van der Waals surface area contributed by atoms with Crippen molar-refractivity contribution in [1.82, 2.24) is 0 Å². The van der Waals surface area contributed by atoms with E-state index in [-0.39, 0.29) is 17.5 Å². The molecule has 0 aromatic carbocycles. The van der Waals surface area contributed by atoms with Crippen molar-refractivity contribution in [3.05, 3.63) is 50.1 Å². The number of ether oxygens (including phenoxy) is 2. The molecule has 1 atom stereocenters. The summed E-state index contributed by atoms with van der Waals surface area (Å²) in [5.74, 6) is -2.36. The standard InChI is InChI=1S/C7H12O2.C7H10O2.C6H14Si.C4H2O3/c1-5-6(8)9-7(2,3)4;1-4-7(9)5(2)6(3)8;1-5-6-7(2,3)4;5-3-1-2-4(6)7-3/h5H,1H2,2-4H3;4-5H,1H2,2-3H3;5H,1,6H2,2-4H3;1-2H. The number of rotatable bonds is 6. The average molecular weight is 467 g/mol. The predicted octanol–water partition coefficient (Wildman–Crippen LogP) is 4.62. The van der Waals surface area contributed by atoms with Crippen molar-refractivity contribution in [1.29, 1.82) is 0 Å². The molecule has 0 amide bonds. The molecule has 0 bridgehead atoms. The van der Waals surface area contributed by atoms with E-state index in [9.17, 15) is 24.0 Å². The van der Waals surface area contributed by atoms with Crippen LogP contribution in [0.4, 0.5) is 0 Å². The fraction of sp³-hybridized carbons (Fsp3) is 0.458. The topological polar surface area (TPSA) is 104 Å². The second-order valence-electron chi connectivity index (χ2n) is 8.80. The summed E-state index contributed by atoms with van der Waals surface area (Å²) in [6.45, 7) is 25.7. The minimum absolute atomic E-state index is 0.111. The maximum absolute atomic E-state index is 10.6. The molecule has 1 aliphatic rings. The van der Waals surface area contributed by atoms with Crippen LogP contribution in [0.1, 0.15) is 34.6 Å². The molecule has 7 nitrogen and oxygen atoms in total. The van der Waals surface area contributed by atoms with Crippen LogP contribution in [-0.4, -0.2) is 43.1 Å². The summed E-state index contributed by atoms with van der Waals surface area (Å²) in [6, 6.07) is 1.24. The van der Waals surface area contributed by atoms with E-state index in [1.54, 1.807) is 6.92 Å². The Kier molecular flexibility index (Phi) is 17.7. The van der Waals surface area contributed by atoms with Crippen LogP contribution in [0.25, 0.3) is 0 Å². The van der Waals surface area contributed by atoms with Gasteiger partial charge in [0.1, 0.15) is 11.4 Å². The zero-order valence-electron chi connectivity index (χ0n) is 20.7. The molecule has 0 saturated carbocycles. The van der Waals surface area contributed by atoms with E-state index in [4.69, 9.17) is 4.74 Å². The second kappa shape index (κ2) is 16.8. The summed E-state index contributed by atoms with van der Waals surface area (Å²) in [5, 5.41) is 0. The van der Waals surface area contributed by atoms with Crippen molar-refractivity contribution < 1.29 is 33.4 Å². The van der Waals surface area contributed by atoms with Gasteiger partial charge in [-0.1, -0.05) is 38.9 Å². The Morgan fingerprint density at radius 3 is 1.56 bits per heavy atom. The highest BCUT2D eigenvalue weighted by Crippen LogP contribution is 2.07. The Balaban J connectivity index is -0.000000353. The van der Waals surface area contributed by atoms with Crippen molar-refractivity contribution in [2.75, 3.05) is 0 Å². The number of hydrogen-bond acceptors (Lipinski definition) is 7. The van der Waals surface area contributed by atoms with Crippen molar-refractivity contribution in [2.45, 2.75) is 65.9 Å². The number of ketones is 2. The van der Waals surface area contributed by atoms with E-state index in [1.807, 2.05) is 26.8 Å². The molecule has 0 fully saturated rings. The molecule has 32 heavy (non-hydrogen) atoms. The number of hydrogen-bond donors (Lipinski definition) is 0. The van der Waals surface area contributed by atoms with Crippen LogP contribution in [0.2, 0.25) is 25.7 Å². The summed E-state index contributed by atoms with van der Waals surface area (Å²) < 4.78 is 8.80. The molecule has 0 saturated heterocycles. The Hall–Kier alpha value is -2.87. The van der Waals surface area contributed by atoms with Gasteiger partial charge in [0.2, 0.25) is 0 Å². The minimum Gasteiger partial charge on any atom is -0.457 e. The van der Waals surface area contributed by atoms with Gasteiger partial charge >= 0.3 is 17.9 Å². The first kappa shape index (κ1) is 33.8. The summed E-state index contributed by atoms with van der Waals surface area (Å²) in [7, 11) is -0.775. The number of carbonyl (C=O) groups is 5. The third-order valence-electron chi connectivity index (χ3n) is 3.12. The first-order valence-corrected chi connectivity index (χ1v) is 13.7. The summed E-state index contributed by atoms with van der Waals surface area (Å²) in [5.41, 5.74) is -0.398. The predicted molar refractivity (Wildman–Crippen MR) is 130 cm³/mol. The monoisotopic (exact) mass is 466 g/mol. The third-order valence-corrected chi connectivity index (χ3v) is 4.64. The van der Waals surface area contributed by atoms with Crippen LogP contribution in [0, 0.1) is 5.92 Å². The van der Waals surface area contributed by atoms with E-state index in [1.165, 1.54) is 19.0 Å². The molecule has 0 radical (unpaired) electrons. The van der Waals surface area contributed by atoms with E-state index < -0.39 is 31.5 Å². The summed E-state index contributed by atoms with van der Waals surface area (Å²) in [4.78, 5) is 51.4. The first-order valence-electron chi connectivity index (χ1n) is 9.97. The van der Waals surface area contributed by atoms with Gasteiger partial charge in [0.05, 0.1) is 5.92 Å². The van der Waals surface area contributed by atoms with Crippen LogP contribution in [-0.2, 0) is 33.4 Å².